The van der Waals surface area contributed by atoms with Crippen LogP contribution in [-0.4, -0.2) is 80.2 Å². The summed E-state index contributed by atoms with van der Waals surface area (Å²) in [5, 5.41) is 50.5. The number of hydrogen-bond acceptors (Lipinski definition) is 8. The fourth-order valence-corrected chi connectivity index (χ4v) is 2.17. The van der Waals surface area contributed by atoms with Gasteiger partial charge in [0.25, 0.3) is 5.79 Å². The highest BCUT2D eigenvalue weighted by Crippen LogP contribution is 2.30. The third kappa shape index (κ3) is 3.87. The number of carbonyl (C=O) groups is 2. The Bertz CT molecular complexity index is 406. The zero-order valence-electron chi connectivity index (χ0n) is 11.3. The zero-order chi connectivity index (χ0) is 16.4. The minimum Gasteiger partial charge on any atom is -0.477 e. The molecule has 0 aliphatic carbocycles. The zero-order valence-corrected chi connectivity index (χ0v) is 11.3. The molecule has 0 aromatic heterocycles. The second-order valence-corrected chi connectivity index (χ2v) is 4.96. The maximum absolute atomic E-state index is 11.1. The Morgan fingerprint density at radius 1 is 1.48 bits per heavy atom. The van der Waals surface area contributed by atoms with Crippen molar-refractivity contribution in [2.75, 3.05) is 6.54 Å². The molecule has 1 aliphatic heterocycles. The Labute approximate surface area is 120 Å². The van der Waals surface area contributed by atoms with Crippen LogP contribution in [0.2, 0.25) is 0 Å². The first kappa shape index (κ1) is 17.8. The molecular formula is C11H20N2O8. The van der Waals surface area contributed by atoms with Gasteiger partial charge in [0.1, 0.15) is 12.2 Å². The second kappa shape index (κ2) is 6.64. The Balaban J connectivity index is 3.07. The predicted octanol–water partition coefficient (Wildman–Crippen LogP) is -3.91. The van der Waals surface area contributed by atoms with Crippen LogP contribution >= 0.6 is 0 Å². The summed E-state index contributed by atoms with van der Waals surface area (Å²) < 4.78 is 4.92. The number of carbonyl (C=O) groups excluding carboxylic acids is 1. The van der Waals surface area contributed by atoms with Gasteiger partial charge < -0.3 is 41.3 Å². The average molecular weight is 308 g/mol. The van der Waals surface area contributed by atoms with Gasteiger partial charge in [-0.25, -0.2) is 4.79 Å². The van der Waals surface area contributed by atoms with Crippen LogP contribution in [0.4, 0.5) is 0 Å². The SMILES string of the molecule is CC(=O)N[C@H]1[C@H]([C@H](O)[C@H](O)CN)O[C@@](O)(C(=O)O)C[C@@H]1O. The second-order valence-electron chi connectivity index (χ2n) is 4.96. The van der Waals surface area contributed by atoms with Gasteiger partial charge in [0, 0.05) is 19.9 Å². The highest BCUT2D eigenvalue weighted by molar-refractivity contribution is 5.76. The van der Waals surface area contributed by atoms with Crippen molar-refractivity contribution < 1.29 is 39.9 Å². The van der Waals surface area contributed by atoms with Crippen molar-refractivity contribution >= 4 is 11.9 Å². The molecule has 1 fully saturated rings. The number of carboxylic acids is 1. The average Bonchev–Trinajstić information content (AvgIpc) is 2.39. The minimum absolute atomic E-state index is 0.366. The monoisotopic (exact) mass is 308 g/mol. The summed E-state index contributed by atoms with van der Waals surface area (Å²) in [5.74, 6) is -5.07. The number of aliphatic hydroxyl groups excluding tert-OH is 3. The van der Waals surface area contributed by atoms with E-state index in [1.165, 1.54) is 0 Å². The van der Waals surface area contributed by atoms with Crippen molar-refractivity contribution in [2.45, 2.75) is 49.6 Å². The summed E-state index contributed by atoms with van der Waals surface area (Å²) in [4.78, 5) is 22.2. The third-order valence-electron chi connectivity index (χ3n) is 3.26. The number of carboxylic acid groups (broad SMARTS) is 1. The molecule has 0 unspecified atom stereocenters. The van der Waals surface area contributed by atoms with E-state index in [0.717, 1.165) is 6.92 Å². The summed E-state index contributed by atoms with van der Waals surface area (Å²) in [5.41, 5.74) is 5.19. The predicted molar refractivity (Wildman–Crippen MR) is 66.8 cm³/mol. The molecular weight excluding hydrogens is 288 g/mol. The van der Waals surface area contributed by atoms with E-state index in [4.69, 9.17) is 15.6 Å². The van der Waals surface area contributed by atoms with Crippen molar-refractivity contribution in [3.8, 4) is 0 Å². The maximum Gasteiger partial charge on any atom is 0.364 e. The van der Waals surface area contributed by atoms with Gasteiger partial charge >= 0.3 is 5.97 Å². The minimum atomic E-state index is -2.74. The standard InChI is InChI=1S/C11H20N2O8/c1-4(14)13-7-5(15)2-11(20,10(18)19)21-9(7)8(17)6(16)3-12/h5-9,15-17,20H,2-3,12H2,1H3,(H,13,14)(H,18,19)/t5-,6+,7+,8+,9+,11+/m0/s1. The Morgan fingerprint density at radius 2 is 2.05 bits per heavy atom. The molecule has 8 N–H and O–H groups in total. The first-order valence-corrected chi connectivity index (χ1v) is 6.27. The van der Waals surface area contributed by atoms with Crippen LogP contribution < -0.4 is 11.1 Å². The van der Waals surface area contributed by atoms with Gasteiger partial charge in [0.05, 0.1) is 18.2 Å². The van der Waals surface area contributed by atoms with Gasteiger partial charge in [0.15, 0.2) is 0 Å². The van der Waals surface area contributed by atoms with Crippen LogP contribution in [0.15, 0.2) is 0 Å². The summed E-state index contributed by atoms with van der Waals surface area (Å²) in [6, 6.07) is -1.21. The summed E-state index contributed by atoms with van der Waals surface area (Å²) in [7, 11) is 0. The number of nitrogens with two attached hydrogens (primary N) is 1. The van der Waals surface area contributed by atoms with Gasteiger partial charge in [-0.1, -0.05) is 0 Å². The fraction of sp³-hybridized carbons (Fsp3) is 0.818. The van der Waals surface area contributed by atoms with Crippen LogP contribution in [-0.2, 0) is 14.3 Å². The lowest BCUT2D eigenvalue weighted by Gasteiger charge is -2.44. The van der Waals surface area contributed by atoms with E-state index in [1.54, 1.807) is 0 Å². The van der Waals surface area contributed by atoms with Gasteiger partial charge in [-0.15, -0.1) is 0 Å². The lowest BCUT2D eigenvalue weighted by atomic mass is 9.88. The molecule has 21 heavy (non-hydrogen) atoms. The van der Waals surface area contributed by atoms with Crippen molar-refractivity contribution in [3.05, 3.63) is 0 Å². The number of amides is 1. The van der Waals surface area contributed by atoms with E-state index >= 15 is 0 Å². The normalized spacial score (nSPS) is 35.8. The van der Waals surface area contributed by atoms with E-state index in [-0.39, 0.29) is 6.54 Å². The number of ether oxygens (including phenoxy) is 1. The van der Waals surface area contributed by atoms with Gasteiger partial charge in [0.2, 0.25) is 5.91 Å². The summed E-state index contributed by atoms with van der Waals surface area (Å²) >= 11 is 0. The first-order valence-electron chi connectivity index (χ1n) is 6.27. The first-order chi connectivity index (χ1) is 9.62. The molecule has 1 saturated heterocycles. The van der Waals surface area contributed by atoms with E-state index < -0.39 is 54.5 Å². The van der Waals surface area contributed by atoms with Crippen LogP contribution in [0.1, 0.15) is 13.3 Å². The number of rotatable bonds is 5. The van der Waals surface area contributed by atoms with Crippen molar-refractivity contribution in [1.82, 2.24) is 5.32 Å². The fourth-order valence-electron chi connectivity index (χ4n) is 2.17. The van der Waals surface area contributed by atoms with Crippen LogP contribution in [0, 0.1) is 0 Å². The van der Waals surface area contributed by atoms with Gasteiger partial charge in [-0.05, 0) is 0 Å². The van der Waals surface area contributed by atoms with Crippen molar-refractivity contribution in [1.29, 1.82) is 0 Å². The van der Waals surface area contributed by atoms with Crippen molar-refractivity contribution in [2.24, 2.45) is 5.73 Å². The Hall–Kier alpha value is -1.30. The van der Waals surface area contributed by atoms with E-state index in [9.17, 15) is 30.0 Å². The van der Waals surface area contributed by atoms with E-state index in [0.29, 0.717) is 0 Å². The molecule has 0 aromatic carbocycles. The maximum atomic E-state index is 11.1. The highest BCUT2D eigenvalue weighted by Gasteiger charge is 2.53. The molecule has 10 nitrogen and oxygen atoms in total. The quantitative estimate of drug-likeness (QED) is 0.267. The Morgan fingerprint density at radius 3 is 2.48 bits per heavy atom. The van der Waals surface area contributed by atoms with Gasteiger partial charge in [-0.3, -0.25) is 4.79 Å². The van der Waals surface area contributed by atoms with Crippen LogP contribution in [0.5, 0.6) is 0 Å². The highest BCUT2D eigenvalue weighted by atomic mass is 16.7. The molecule has 0 aromatic rings. The molecule has 1 rings (SSSR count). The molecule has 1 amide bonds. The third-order valence-corrected chi connectivity index (χ3v) is 3.26. The molecule has 0 radical (unpaired) electrons. The molecule has 1 heterocycles. The number of aliphatic hydroxyl groups is 4. The largest absolute Gasteiger partial charge is 0.477 e. The number of hydrogen-bond donors (Lipinski definition) is 7. The summed E-state index contributed by atoms with van der Waals surface area (Å²) in [6.45, 7) is 0.781. The summed E-state index contributed by atoms with van der Waals surface area (Å²) in [6.07, 6.45) is -6.98. The number of aliphatic carboxylic acids is 1. The van der Waals surface area contributed by atoms with E-state index in [2.05, 4.69) is 5.32 Å². The number of nitrogens with one attached hydrogen (secondary N) is 1. The smallest absolute Gasteiger partial charge is 0.364 e. The molecule has 1 aliphatic rings. The Kier molecular flexibility index (Phi) is 5.61. The lowest BCUT2D eigenvalue weighted by Crippen LogP contribution is -2.67. The molecule has 6 atom stereocenters. The molecule has 10 heteroatoms. The van der Waals surface area contributed by atoms with Crippen LogP contribution in [0.3, 0.4) is 0 Å². The molecule has 0 saturated carbocycles. The lowest BCUT2D eigenvalue weighted by molar-refractivity contribution is -0.294. The van der Waals surface area contributed by atoms with Crippen molar-refractivity contribution in [3.63, 3.8) is 0 Å². The molecule has 122 valence electrons. The molecule has 0 spiro atoms. The molecule has 0 bridgehead atoms. The topological polar surface area (TPSA) is 183 Å². The van der Waals surface area contributed by atoms with Crippen LogP contribution in [0.25, 0.3) is 0 Å². The van der Waals surface area contributed by atoms with E-state index in [1.807, 2.05) is 0 Å². The van der Waals surface area contributed by atoms with Gasteiger partial charge in [-0.2, -0.15) is 0 Å².